The van der Waals surface area contributed by atoms with Crippen molar-refractivity contribution in [3.63, 3.8) is 0 Å². The number of benzene rings is 2. The molecule has 7 heterocycles. The summed E-state index contributed by atoms with van der Waals surface area (Å²) in [6, 6.07) is 14.1. The smallest absolute Gasteiger partial charge is 0.376 e. The van der Waals surface area contributed by atoms with E-state index in [1.807, 2.05) is 18.0 Å². The van der Waals surface area contributed by atoms with Gasteiger partial charge in [0, 0.05) is 59.8 Å². The van der Waals surface area contributed by atoms with Crippen LogP contribution < -0.4 is 16.8 Å². The fourth-order valence-corrected chi connectivity index (χ4v) is 12.0. The Balaban J connectivity index is 1.07. The van der Waals surface area contributed by atoms with E-state index < -0.39 is 24.4 Å². The first-order valence-electron chi connectivity index (χ1n) is 22.4. The average Bonchev–Trinajstić information content (AvgIpc) is 3.85. The van der Waals surface area contributed by atoms with Gasteiger partial charge in [0.05, 0.1) is 45.2 Å². The first-order chi connectivity index (χ1) is 30.9. The molecule has 6 atom stereocenters. The number of pyridine rings is 1. The van der Waals surface area contributed by atoms with Crippen LogP contribution in [0.5, 0.6) is 0 Å². The molecular weight excluding hydrogens is 847 g/mol. The lowest BCUT2D eigenvalue weighted by Crippen LogP contribution is -2.40. The summed E-state index contributed by atoms with van der Waals surface area (Å²) in [5.41, 5.74) is 5.53. The predicted molar refractivity (Wildman–Crippen MR) is 244 cm³/mol. The van der Waals surface area contributed by atoms with Crippen molar-refractivity contribution in [1.82, 2.24) is 38.4 Å². The van der Waals surface area contributed by atoms with Crippen LogP contribution in [0.25, 0.3) is 22.7 Å². The number of hydrogen-bond acceptors (Lipinski definition) is 8. The van der Waals surface area contributed by atoms with E-state index in [0.717, 1.165) is 40.7 Å². The molecule has 14 nitrogen and oxygen atoms in total. The van der Waals surface area contributed by atoms with Crippen LogP contribution in [0.3, 0.4) is 0 Å². The molecule has 5 aromatic heterocycles. The van der Waals surface area contributed by atoms with Crippen LogP contribution in [0, 0.1) is 25.6 Å². The monoisotopic (exact) mass is 898 g/mol. The molecule has 1 saturated heterocycles. The van der Waals surface area contributed by atoms with E-state index in [9.17, 15) is 14.2 Å². The molecule has 0 bridgehead atoms. The van der Waals surface area contributed by atoms with E-state index in [1.54, 1.807) is 85.2 Å². The minimum Gasteiger partial charge on any atom is -0.376 e. The molecular formula is C49H52FN8O6P. The fourth-order valence-electron chi connectivity index (χ4n) is 11.2. The molecule has 7 aromatic rings. The average molecular weight is 899 g/mol. The molecule has 11 rings (SSSR count). The molecule has 1 N–H and O–H groups in total. The highest BCUT2D eigenvalue weighted by molar-refractivity contribution is 7.70. The summed E-state index contributed by atoms with van der Waals surface area (Å²) in [4.78, 5) is 47.7. The summed E-state index contributed by atoms with van der Waals surface area (Å²) >= 11 is 0. The van der Waals surface area contributed by atoms with Crippen molar-refractivity contribution < 1.29 is 23.0 Å². The van der Waals surface area contributed by atoms with Gasteiger partial charge in [-0.25, -0.2) is 18.7 Å². The zero-order valence-corrected chi connectivity index (χ0v) is 38.7. The van der Waals surface area contributed by atoms with Crippen LogP contribution in [-0.2, 0) is 14.7 Å². The Morgan fingerprint density at radius 3 is 2.31 bits per heavy atom. The van der Waals surface area contributed by atoms with Gasteiger partial charge >= 0.3 is 11.4 Å². The van der Waals surface area contributed by atoms with E-state index in [1.165, 1.54) is 4.57 Å². The second kappa shape index (κ2) is 14.2. The lowest BCUT2D eigenvalue weighted by molar-refractivity contribution is -0.0593. The Labute approximate surface area is 374 Å². The predicted octanol–water partition coefficient (Wildman–Crippen LogP) is 7.82. The number of nitrogens with zero attached hydrogens (tertiary/aromatic N) is 7. The summed E-state index contributed by atoms with van der Waals surface area (Å²) in [5, 5.41) is 10.1. The van der Waals surface area contributed by atoms with Gasteiger partial charge in [-0.05, 0) is 145 Å². The number of aromatic nitrogens is 7. The Morgan fingerprint density at radius 2 is 1.66 bits per heavy atom. The number of amides is 1. The van der Waals surface area contributed by atoms with Crippen LogP contribution in [-0.4, -0.2) is 75.8 Å². The molecule has 16 heteroatoms. The summed E-state index contributed by atoms with van der Waals surface area (Å²) in [5.74, 6) is -0.0642. The van der Waals surface area contributed by atoms with E-state index in [2.05, 4.69) is 53.6 Å². The maximum atomic E-state index is 15.8. The Morgan fingerprint density at radius 1 is 0.954 bits per heavy atom. The third-order valence-electron chi connectivity index (χ3n) is 14.7. The van der Waals surface area contributed by atoms with Gasteiger partial charge in [-0.3, -0.25) is 23.4 Å². The van der Waals surface area contributed by atoms with Gasteiger partial charge in [-0.15, -0.1) is 0 Å². The zero-order chi connectivity index (χ0) is 45.6. The van der Waals surface area contributed by atoms with Gasteiger partial charge in [0.15, 0.2) is 5.82 Å². The maximum Gasteiger partial charge on any atom is 0.438 e. The number of carbonyl (C=O) groups is 1. The van der Waals surface area contributed by atoms with Crippen molar-refractivity contribution in [3.05, 3.63) is 145 Å². The maximum absolute atomic E-state index is 15.8. The highest BCUT2D eigenvalue weighted by Crippen LogP contribution is 2.61. The van der Waals surface area contributed by atoms with E-state index in [0.29, 0.717) is 64.5 Å². The number of aromatic amines is 1. The second-order valence-electron chi connectivity index (χ2n) is 19.9. The summed E-state index contributed by atoms with van der Waals surface area (Å²) in [7, 11) is -2.53. The van der Waals surface area contributed by atoms with Crippen LogP contribution in [0.2, 0.25) is 0 Å². The molecule has 2 aliphatic heterocycles. The molecule has 1 amide bonds. The molecule has 0 spiro atoms. The standard InChI is InChI=1S/C49H52FN8O6P/c1-26-19-33(20-27(2)41(26)50)58-43(56-17-16-55(47(56)61)32-10-12-34(13-11-32)65(7,8)62)39-29(4)57(38-21-35(38)42(39)52-58)44(59)36-25-54-24-31(30-15-18-63-48(5,6)23-30)9-14-37(54)40(36)49(22-28(49)3)45-51-46(60)64-53-45/h9-14,16-17,19-20,24-25,28-30,35,38H,15,18,21-23H2,1-8H3,(H,51,53,60)/t28-,29-,30-,35?,38?,49+/m0/s1. The Bertz CT molecular complexity index is 3270. The number of rotatable bonds is 8. The molecule has 65 heavy (non-hydrogen) atoms. The highest BCUT2D eigenvalue weighted by atomic mass is 31.2. The summed E-state index contributed by atoms with van der Waals surface area (Å²) < 4.78 is 46.0. The third kappa shape index (κ3) is 6.43. The van der Waals surface area contributed by atoms with Crippen LogP contribution >= 0.6 is 7.14 Å². The normalized spacial score (nSPS) is 24.6. The summed E-state index contributed by atoms with van der Waals surface area (Å²) in [6.07, 6.45) is 10.5. The molecule has 4 aliphatic rings. The number of halogens is 1. The molecule has 2 aliphatic carbocycles. The van der Waals surface area contributed by atoms with Gasteiger partial charge in [-0.2, -0.15) is 5.10 Å². The van der Waals surface area contributed by atoms with Crippen LogP contribution in [0.15, 0.2) is 87.4 Å². The van der Waals surface area contributed by atoms with Crippen molar-refractivity contribution in [2.45, 2.75) is 102 Å². The fraction of sp³-hybridized carbons (Fsp3) is 0.408. The van der Waals surface area contributed by atoms with Crippen molar-refractivity contribution >= 4 is 23.9 Å². The van der Waals surface area contributed by atoms with E-state index >= 15 is 9.18 Å². The van der Waals surface area contributed by atoms with Crippen molar-refractivity contribution in [2.24, 2.45) is 5.92 Å². The number of imidazole rings is 1. The van der Waals surface area contributed by atoms with Crippen LogP contribution in [0.4, 0.5) is 4.39 Å². The second-order valence-corrected chi connectivity index (χ2v) is 23.1. The van der Waals surface area contributed by atoms with E-state index in [-0.39, 0.29) is 46.8 Å². The van der Waals surface area contributed by atoms with Gasteiger partial charge in [-0.1, -0.05) is 18.1 Å². The number of aryl methyl sites for hydroxylation is 2. The molecule has 2 unspecified atom stereocenters. The lowest BCUT2D eigenvalue weighted by atomic mass is 9.84. The van der Waals surface area contributed by atoms with Gasteiger partial charge in [0.1, 0.15) is 18.8 Å². The number of carbonyl (C=O) groups excluding carboxylic acids is 1. The van der Waals surface area contributed by atoms with Gasteiger partial charge in [0.25, 0.3) is 5.91 Å². The third-order valence-corrected chi connectivity index (χ3v) is 16.2. The lowest BCUT2D eigenvalue weighted by Gasteiger charge is -2.35. The molecule has 0 radical (unpaired) electrons. The van der Waals surface area contributed by atoms with Crippen molar-refractivity contribution in [3.8, 4) is 17.2 Å². The minimum absolute atomic E-state index is 0.0454. The van der Waals surface area contributed by atoms with Crippen molar-refractivity contribution in [2.75, 3.05) is 19.9 Å². The molecule has 2 saturated carbocycles. The Kier molecular flexibility index (Phi) is 9.11. The molecule has 336 valence electrons. The highest BCUT2D eigenvalue weighted by Gasteiger charge is 2.61. The van der Waals surface area contributed by atoms with Gasteiger partial charge < -0.3 is 18.6 Å². The Hall–Kier alpha value is -6.05. The summed E-state index contributed by atoms with van der Waals surface area (Å²) in [6.45, 7) is 15.8. The minimum atomic E-state index is -2.53. The van der Waals surface area contributed by atoms with Crippen molar-refractivity contribution in [1.29, 1.82) is 0 Å². The SMILES string of the molecule is Cc1cc(-n2nc3c(c2-n2ccn(-c4ccc(P(C)(C)=O)cc4)c2=O)[C@H](C)N(C(=O)c2cn4cc([C@H]5CCOC(C)(C)C5)ccc4c2[C@@]2(c4noc(=O)[nH]4)C[C@@H]2C)C2CC32)cc(C)c1F. The molecule has 3 fully saturated rings. The van der Waals surface area contributed by atoms with Gasteiger partial charge in [0.2, 0.25) is 0 Å². The number of H-pyrrole nitrogens is 1. The number of nitrogens with one attached hydrogen (secondary N) is 1. The molecule has 2 aromatic carbocycles. The quantitative estimate of drug-likeness (QED) is 0.152. The first-order valence-corrected chi connectivity index (χ1v) is 25.0. The zero-order valence-electron chi connectivity index (χ0n) is 37.8. The topological polar surface area (TPSA) is 155 Å². The largest absolute Gasteiger partial charge is 0.438 e. The van der Waals surface area contributed by atoms with Crippen LogP contribution in [0.1, 0.15) is 121 Å². The number of fused-ring (bicyclic) bond motifs is 4. The first kappa shape index (κ1) is 41.6. The number of hydrogen-bond donors (Lipinski definition) is 1. The van der Waals surface area contributed by atoms with E-state index in [4.69, 9.17) is 14.4 Å². The number of ether oxygens (including phenoxy) is 1.